The van der Waals surface area contributed by atoms with E-state index in [9.17, 15) is 14.7 Å². The molecule has 0 spiro atoms. The van der Waals surface area contributed by atoms with Gasteiger partial charge >= 0.3 is 0 Å². The highest BCUT2D eigenvalue weighted by molar-refractivity contribution is 9.10. The summed E-state index contributed by atoms with van der Waals surface area (Å²) in [6, 6.07) is 12.3. The number of rotatable bonds is 3. The van der Waals surface area contributed by atoms with Gasteiger partial charge in [0.05, 0.1) is 23.8 Å². The second-order valence-electron chi connectivity index (χ2n) is 7.90. The van der Waals surface area contributed by atoms with Crippen molar-refractivity contribution in [2.45, 2.75) is 30.9 Å². The quantitative estimate of drug-likeness (QED) is 0.691. The lowest BCUT2D eigenvalue weighted by molar-refractivity contribution is -0.124. The number of imide groups is 1. The number of likely N-dealkylation sites (tertiary alicyclic amines) is 1. The minimum Gasteiger partial charge on any atom is -0.454 e. The fourth-order valence-corrected chi connectivity index (χ4v) is 4.72. The summed E-state index contributed by atoms with van der Waals surface area (Å²) in [5, 5.41) is 11.1. The van der Waals surface area contributed by atoms with Crippen LogP contribution in [0.25, 0.3) is 0 Å². The van der Waals surface area contributed by atoms with Crippen LogP contribution in [0.2, 0.25) is 0 Å². The third kappa shape index (κ3) is 3.29. The monoisotopic (exact) mass is 472 g/mol. The Kier molecular flexibility index (Phi) is 4.80. The molecular weight excluding hydrogens is 452 g/mol. The van der Waals surface area contributed by atoms with Crippen molar-refractivity contribution in [3.05, 3.63) is 52.5 Å². The molecule has 7 nitrogen and oxygen atoms in total. The molecule has 0 unspecified atom stereocenters. The van der Waals surface area contributed by atoms with Gasteiger partial charge in [-0.05, 0) is 42.7 Å². The van der Waals surface area contributed by atoms with Gasteiger partial charge in [-0.25, -0.2) is 4.90 Å². The Morgan fingerprint density at radius 3 is 2.43 bits per heavy atom. The van der Waals surface area contributed by atoms with E-state index in [4.69, 9.17) is 9.47 Å². The van der Waals surface area contributed by atoms with Gasteiger partial charge in [-0.3, -0.25) is 14.5 Å². The van der Waals surface area contributed by atoms with Crippen LogP contribution >= 0.6 is 15.9 Å². The van der Waals surface area contributed by atoms with E-state index >= 15 is 0 Å². The number of anilines is 1. The zero-order valence-corrected chi connectivity index (χ0v) is 17.8. The van der Waals surface area contributed by atoms with E-state index in [0.717, 1.165) is 10.0 Å². The number of amides is 2. The highest BCUT2D eigenvalue weighted by atomic mass is 79.9. The van der Waals surface area contributed by atoms with E-state index in [-0.39, 0.29) is 25.0 Å². The van der Waals surface area contributed by atoms with E-state index in [1.165, 1.54) is 4.90 Å². The summed E-state index contributed by atoms with van der Waals surface area (Å²) in [6.07, 6.45) is 1.16. The number of fused-ring (bicyclic) bond motifs is 1. The maximum atomic E-state index is 13.1. The molecule has 3 aliphatic rings. The first kappa shape index (κ1) is 19.5. The maximum absolute atomic E-state index is 13.1. The van der Waals surface area contributed by atoms with Crippen molar-refractivity contribution >= 4 is 33.4 Å². The summed E-state index contributed by atoms with van der Waals surface area (Å²) in [7, 11) is 0. The molecule has 1 N–H and O–H groups in total. The predicted molar refractivity (Wildman–Crippen MR) is 112 cm³/mol. The first-order chi connectivity index (χ1) is 14.4. The van der Waals surface area contributed by atoms with Crippen LogP contribution in [-0.2, 0) is 15.2 Å². The van der Waals surface area contributed by atoms with Crippen molar-refractivity contribution in [1.82, 2.24) is 4.90 Å². The number of ether oxygens (including phenoxy) is 2. The van der Waals surface area contributed by atoms with Gasteiger partial charge in [0.25, 0.3) is 5.91 Å². The largest absolute Gasteiger partial charge is 0.454 e. The van der Waals surface area contributed by atoms with Crippen LogP contribution < -0.4 is 14.4 Å². The van der Waals surface area contributed by atoms with Crippen LogP contribution in [0.1, 0.15) is 24.8 Å². The highest BCUT2D eigenvalue weighted by Gasteiger charge is 2.45. The second-order valence-corrected chi connectivity index (χ2v) is 8.81. The Hall–Kier alpha value is -2.42. The van der Waals surface area contributed by atoms with Gasteiger partial charge in [-0.15, -0.1) is 0 Å². The zero-order chi connectivity index (χ0) is 20.9. The van der Waals surface area contributed by atoms with Crippen molar-refractivity contribution in [3.63, 3.8) is 0 Å². The molecule has 0 radical (unpaired) electrons. The number of hydrogen-bond acceptors (Lipinski definition) is 6. The summed E-state index contributed by atoms with van der Waals surface area (Å²) in [5.41, 5.74) is 0.459. The average Bonchev–Trinajstić information content (AvgIpc) is 3.32. The van der Waals surface area contributed by atoms with E-state index in [1.807, 2.05) is 29.2 Å². The summed E-state index contributed by atoms with van der Waals surface area (Å²) in [4.78, 5) is 29.0. The van der Waals surface area contributed by atoms with E-state index in [0.29, 0.717) is 43.1 Å². The third-order valence-corrected chi connectivity index (χ3v) is 6.71. The van der Waals surface area contributed by atoms with Crippen molar-refractivity contribution < 1.29 is 24.2 Å². The molecule has 0 aliphatic carbocycles. The second kappa shape index (κ2) is 7.37. The van der Waals surface area contributed by atoms with Gasteiger partial charge in [0.15, 0.2) is 11.5 Å². The number of aliphatic hydroxyl groups is 1. The fourth-order valence-electron chi connectivity index (χ4n) is 4.45. The molecule has 0 aromatic heterocycles. The van der Waals surface area contributed by atoms with Crippen LogP contribution in [0.3, 0.4) is 0 Å². The number of carbonyl (C=O) groups excluding carboxylic acids is 2. The molecule has 0 saturated carbocycles. The number of carbonyl (C=O) groups is 2. The van der Waals surface area contributed by atoms with Gasteiger partial charge < -0.3 is 14.6 Å². The molecule has 2 aromatic carbocycles. The first-order valence-corrected chi connectivity index (χ1v) is 10.7. The van der Waals surface area contributed by atoms with E-state index < -0.39 is 11.6 Å². The van der Waals surface area contributed by atoms with Crippen LogP contribution in [0.15, 0.2) is 46.9 Å². The molecule has 2 fully saturated rings. The average molecular weight is 473 g/mol. The minimum atomic E-state index is -0.917. The fraction of sp³-hybridized carbons (Fsp3) is 0.364. The standard InChI is InChI=1S/C22H21BrN2O5/c23-15-3-1-14(2-4-15)22(28)7-9-24(10-8-22)17-12-20(26)25(21(17)27)16-5-6-18-19(11-16)30-13-29-18/h1-6,11,17,28H,7-10,12-13H2/t17-/m1/s1. The third-order valence-electron chi connectivity index (χ3n) is 6.18. The molecule has 2 amide bonds. The zero-order valence-electron chi connectivity index (χ0n) is 16.2. The number of benzene rings is 2. The summed E-state index contributed by atoms with van der Waals surface area (Å²) < 4.78 is 11.6. The van der Waals surface area contributed by atoms with Crippen LogP contribution in [0, 0.1) is 0 Å². The minimum absolute atomic E-state index is 0.137. The predicted octanol–water partition coefficient (Wildman–Crippen LogP) is 2.79. The van der Waals surface area contributed by atoms with Gasteiger partial charge in [-0.1, -0.05) is 28.1 Å². The Balaban J connectivity index is 1.30. The molecule has 0 bridgehead atoms. The molecule has 2 aromatic rings. The molecule has 30 heavy (non-hydrogen) atoms. The molecular formula is C22H21BrN2O5. The number of nitrogens with zero attached hydrogens (tertiary/aromatic N) is 2. The van der Waals surface area contributed by atoms with Gasteiger partial charge in [0.1, 0.15) is 0 Å². The number of hydrogen-bond donors (Lipinski definition) is 1. The van der Waals surface area contributed by atoms with Gasteiger partial charge in [0.2, 0.25) is 12.7 Å². The normalized spacial score (nSPS) is 23.3. The summed E-state index contributed by atoms with van der Waals surface area (Å²) in [6.45, 7) is 1.23. The van der Waals surface area contributed by atoms with Crippen LogP contribution in [0.5, 0.6) is 11.5 Å². The smallest absolute Gasteiger partial charge is 0.251 e. The highest BCUT2D eigenvalue weighted by Crippen LogP contribution is 2.39. The van der Waals surface area contributed by atoms with Crippen LogP contribution in [-0.4, -0.2) is 47.7 Å². The number of piperidine rings is 1. The van der Waals surface area contributed by atoms with E-state index in [1.54, 1.807) is 18.2 Å². The molecule has 2 saturated heterocycles. The van der Waals surface area contributed by atoms with Crippen molar-refractivity contribution in [2.75, 3.05) is 24.8 Å². The lowest BCUT2D eigenvalue weighted by atomic mass is 9.84. The molecule has 5 rings (SSSR count). The van der Waals surface area contributed by atoms with Gasteiger partial charge in [0, 0.05) is 23.6 Å². The SMILES string of the molecule is O=C1C[C@@H](N2CCC(O)(c3ccc(Br)cc3)CC2)C(=O)N1c1ccc2c(c1)OCO2. The van der Waals surface area contributed by atoms with Crippen LogP contribution in [0.4, 0.5) is 5.69 Å². The molecule has 3 aliphatic heterocycles. The van der Waals surface area contributed by atoms with Crippen molar-refractivity contribution in [1.29, 1.82) is 0 Å². The lowest BCUT2D eigenvalue weighted by Crippen LogP contribution is -2.49. The molecule has 3 heterocycles. The Morgan fingerprint density at radius 1 is 1.00 bits per heavy atom. The topological polar surface area (TPSA) is 79.3 Å². The Labute approximate surface area is 182 Å². The van der Waals surface area contributed by atoms with Crippen molar-refractivity contribution in [2.24, 2.45) is 0 Å². The summed E-state index contributed by atoms with van der Waals surface area (Å²) >= 11 is 3.42. The van der Waals surface area contributed by atoms with E-state index in [2.05, 4.69) is 15.9 Å². The Bertz CT molecular complexity index is 1000. The van der Waals surface area contributed by atoms with Crippen molar-refractivity contribution in [3.8, 4) is 11.5 Å². The van der Waals surface area contributed by atoms with Gasteiger partial charge in [-0.2, -0.15) is 0 Å². The lowest BCUT2D eigenvalue weighted by Gasteiger charge is -2.40. The molecule has 1 atom stereocenters. The molecule has 156 valence electrons. The number of halogens is 1. The molecule has 8 heteroatoms. The first-order valence-electron chi connectivity index (χ1n) is 9.93. The maximum Gasteiger partial charge on any atom is 0.251 e. The summed E-state index contributed by atoms with van der Waals surface area (Å²) in [5.74, 6) is 0.692. The Morgan fingerprint density at radius 2 is 1.70 bits per heavy atom.